The number of H-pyrrole nitrogens is 1. The molecule has 4 rings (SSSR count). The highest BCUT2D eigenvalue weighted by Crippen LogP contribution is 2.32. The standard InChI is InChI=1S/C27H30N4OS/c1-19-10-15-23-24(18-19)29-27(32)25(23)26(20-8-6-5-7-9-20)28-21-11-13-22(14-12-21)31(33-4)17-16-30(2)3/h5-15,18,29,32H,16-17H2,1-4H3. The minimum atomic E-state index is 0.132. The van der Waals surface area contributed by atoms with Crippen LogP contribution in [-0.2, 0) is 0 Å². The van der Waals surface area contributed by atoms with E-state index in [1.165, 1.54) is 0 Å². The molecule has 0 bridgehead atoms. The van der Waals surface area contributed by atoms with Gasteiger partial charge in [0, 0.05) is 41.5 Å². The van der Waals surface area contributed by atoms with Crippen LogP contribution < -0.4 is 4.31 Å². The lowest BCUT2D eigenvalue weighted by Gasteiger charge is -2.23. The second kappa shape index (κ2) is 10.1. The highest BCUT2D eigenvalue weighted by Gasteiger charge is 2.18. The van der Waals surface area contributed by atoms with Crippen molar-refractivity contribution in [3.05, 3.63) is 89.5 Å². The first-order valence-corrected chi connectivity index (χ1v) is 12.2. The zero-order chi connectivity index (χ0) is 23.4. The number of aryl methyl sites for hydroxylation is 1. The second-order valence-corrected chi connectivity index (χ2v) is 9.13. The lowest BCUT2D eigenvalue weighted by atomic mass is 10.0. The molecule has 0 aliphatic carbocycles. The van der Waals surface area contributed by atoms with Gasteiger partial charge < -0.3 is 19.3 Å². The van der Waals surface area contributed by atoms with Gasteiger partial charge in [-0.05, 0) is 56.9 Å². The summed E-state index contributed by atoms with van der Waals surface area (Å²) in [6.07, 6.45) is 2.09. The SMILES string of the molecule is CSN(CCN(C)C)c1ccc(N=C(c2ccccc2)c2c(O)[nH]c3cc(C)ccc23)cc1. The van der Waals surface area contributed by atoms with Crippen molar-refractivity contribution in [2.24, 2.45) is 4.99 Å². The van der Waals surface area contributed by atoms with Gasteiger partial charge in [-0.25, -0.2) is 4.99 Å². The summed E-state index contributed by atoms with van der Waals surface area (Å²) in [6.45, 7) is 3.97. The van der Waals surface area contributed by atoms with Crippen LogP contribution in [0.3, 0.4) is 0 Å². The van der Waals surface area contributed by atoms with Crippen molar-refractivity contribution >= 4 is 39.9 Å². The van der Waals surface area contributed by atoms with Gasteiger partial charge in [0.05, 0.1) is 17.0 Å². The molecule has 5 nitrogen and oxygen atoms in total. The van der Waals surface area contributed by atoms with E-state index in [4.69, 9.17) is 4.99 Å². The highest BCUT2D eigenvalue weighted by atomic mass is 32.2. The quantitative estimate of drug-likeness (QED) is 0.251. The average Bonchev–Trinajstić information content (AvgIpc) is 3.13. The summed E-state index contributed by atoms with van der Waals surface area (Å²) in [5.74, 6) is 0.132. The third kappa shape index (κ3) is 5.24. The lowest BCUT2D eigenvalue weighted by Crippen LogP contribution is -2.26. The summed E-state index contributed by atoms with van der Waals surface area (Å²) < 4.78 is 2.28. The Kier molecular flexibility index (Phi) is 7.06. The zero-order valence-corrected chi connectivity index (χ0v) is 20.4. The first-order chi connectivity index (χ1) is 16.0. The summed E-state index contributed by atoms with van der Waals surface area (Å²) in [6, 6.07) is 24.4. The van der Waals surface area contributed by atoms with E-state index in [2.05, 4.69) is 52.7 Å². The predicted molar refractivity (Wildman–Crippen MR) is 142 cm³/mol. The predicted octanol–water partition coefficient (Wildman–Crippen LogP) is 6.00. The highest BCUT2D eigenvalue weighted by molar-refractivity contribution is 7.99. The van der Waals surface area contributed by atoms with Crippen LogP contribution in [0.5, 0.6) is 5.88 Å². The van der Waals surface area contributed by atoms with Crippen LogP contribution in [0.15, 0.2) is 77.8 Å². The van der Waals surface area contributed by atoms with Crippen molar-refractivity contribution in [3.8, 4) is 5.88 Å². The number of aromatic amines is 1. The fourth-order valence-corrected chi connectivity index (χ4v) is 4.43. The number of likely N-dealkylation sites (N-methyl/N-ethyl adjacent to an activating group) is 1. The van der Waals surface area contributed by atoms with Crippen molar-refractivity contribution in [2.75, 3.05) is 37.7 Å². The number of hydrogen-bond donors (Lipinski definition) is 2. The van der Waals surface area contributed by atoms with E-state index in [1.807, 2.05) is 61.5 Å². The summed E-state index contributed by atoms with van der Waals surface area (Å²) in [4.78, 5) is 10.3. The fraction of sp³-hybridized carbons (Fsp3) is 0.222. The molecule has 0 aliphatic rings. The number of hydrogen-bond acceptors (Lipinski definition) is 5. The molecule has 0 aliphatic heterocycles. The van der Waals surface area contributed by atoms with E-state index < -0.39 is 0 Å². The van der Waals surface area contributed by atoms with Crippen molar-refractivity contribution in [3.63, 3.8) is 0 Å². The van der Waals surface area contributed by atoms with E-state index in [-0.39, 0.29) is 5.88 Å². The van der Waals surface area contributed by atoms with Gasteiger partial charge in [-0.15, -0.1) is 0 Å². The Balaban J connectivity index is 1.76. The number of fused-ring (bicyclic) bond motifs is 1. The van der Waals surface area contributed by atoms with Gasteiger partial charge in [0.2, 0.25) is 0 Å². The molecule has 33 heavy (non-hydrogen) atoms. The van der Waals surface area contributed by atoms with Crippen LogP contribution in [0.1, 0.15) is 16.7 Å². The van der Waals surface area contributed by atoms with Crippen molar-refractivity contribution in [1.82, 2.24) is 9.88 Å². The van der Waals surface area contributed by atoms with Gasteiger partial charge in [0.1, 0.15) is 0 Å². The molecule has 1 aromatic heterocycles. The van der Waals surface area contributed by atoms with Gasteiger partial charge >= 0.3 is 0 Å². The summed E-state index contributed by atoms with van der Waals surface area (Å²) in [5, 5.41) is 11.8. The smallest absolute Gasteiger partial charge is 0.199 e. The number of nitrogens with zero attached hydrogens (tertiary/aromatic N) is 3. The van der Waals surface area contributed by atoms with Crippen LogP contribution in [0.25, 0.3) is 10.9 Å². The number of aromatic hydroxyl groups is 1. The topological polar surface area (TPSA) is 54.9 Å². The van der Waals surface area contributed by atoms with Gasteiger partial charge in [-0.2, -0.15) is 0 Å². The molecule has 2 N–H and O–H groups in total. The van der Waals surface area contributed by atoms with Crippen molar-refractivity contribution in [2.45, 2.75) is 6.92 Å². The van der Waals surface area contributed by atoms with Crippen molar-refractivity contribution < 1.29 is 5.11 Å². The number of nitrogens with one attached hydrogen (secondary N) is 1. The summed E-state index contributed by atoms with van der Waals surface area (Å²) >= 11 is 1.72. The molecule has 0 unspecified atom stereocenters. The first-order valence-electron chi connectivity index (χ1n) is 11.0. The molecule has 170 valence electrons. The Hall–Kier alpha value is -3.22. The number of rotatable bonds is 8. The minimum Gasteiger partial charge on any atom is -0.494 e. The number of benzene rings is 3. The molecule has 4 aromatic rings. The van der Waals surface area contributed by atoms with Crippen molar-refractivity contribution in [1.29, 1.82) is 0 Å². The maximum Gasteiger partial charge on any atom is 0.199 e. The van der Waals surface area contributed by atoms with E-state index >= 15 is 0 Å². The molecule has 0 radical (unpaired) electrons. The van der Waals surface area contributed by atoms with E-state index in [0.29, 0.717) is 0 Å². The van der Waals surface area contributed by atoms with Crippen LogP contribution >= 0.6 is 11.9 Å². The van der Waals surface area contributed by atoms with Crippen LogP contribution in [0.4, 0.5) is 11.4 Å². The Morgan fingerprint density at radius 3 is 2.36 bits per heavy atom. The van der Waals surface area contributed by atoms with Gasteiger partial charge in [0.25, 0.3) is 0 Å². The Morgan fingerprint density at radius 2 is 1.70 bits per heavy atom. The average molecular weight is 459 g/mol. The molecule has 0 amide bonds. The molecule has 0 spiro atoms. The normalized spacial score (nSPS) is 12.0. The lowest BCUT2D eigenvalue weighted by molar-refractivity contribution is 0.421. The Labute approximate surface area is 199 Å². The molecule has 0 fully saturated rings. The molecule has 3 aromatic carbocycles. The van der Waals surface area contributed by atoms with Crippen LogP contribution in [0.2, 0.25) is 0 Å². The van der Waals surface area contributed by atoms with E-state index in [0.717, 1.165) is 57.8 Å². The van der Waals surface area contributed by atoms with Gasteiger partial charge in [0.15, 0.2) is 5.88 Å². The minimum absolute atomic E-state index is 0.132. The number of aromatic nitrogens is 1. The summed E-state index contributed by atoms with van der Waals surface area (Å²) in [7, 11) is 4.17. The van der Waals surface area contributed by atoms with Crippen LogP contribution in [-0.4, -0.2) is 54.1 Å². The molecule has 0 saturated carbocycles. The molecule has 0 atom stereocenters. The summed E-state index contributed by atoms with van der Waals surface area (Å²) in [5.41, 5.74) is 6.44. The monoisotopic (exact) mass is 458 g/mol. The molecule has 1 heterocycles. The molecular formula is C27H30N4OS. The maximum absolute atomic E-state index is 10.8. The Morgan fingerprint density at radius 1 is 0.970 bits per heavy atom. The Bertz CT molecular complexity index is 1250. The number of aliphatic imine (C=N–C) groups is 1. The third-order valence-corrected chi connectivity index (χ3v) is 6.40. The van der Waals surface area contributed by atoms with E-state index in [1.54, 1.807) is 11.9 Å². The number of anilines is 1. The first kappa shape index (κ1) is 23.0. The van der Waals surface area contributed by atoms with E-state index in [9.17, 15) is 5.11 Å². The van der Waals surface area contributed by atoms with Gasteiger partial charge in [-0.3, -0.25) is 0 Å². The fourth-order valence-electron chi connectivity index (χ4n) is 3.84. The second-order valence-electron chi connectivity index (χ2n) is 8.33. The van der Waals surface area contributed by atoms with Crippen LogP contribution in [0, 0.1) is 6.92 Å². The molecule has 0 saturated heterocycles. The maximum atomic E-state index is 10.8. The largest absolute Gasteiger partial charge is 0.494 e. The molecule has 6 heteroatoms. The van der Waals surface area contributed by atoms with Gasteiger partial charge in [-0.1, -0.05) is 54.4 Å². The molecular weight excluding hydrogens is 428 g/mol. The third-order valence-electron chi connectivity index (χ3n) is 5.57. The zero-order valence-electron chi connectivity index (χ0n) is 19.5.